The second kappa shape index (κ2) is 3.38. The largest absolute Gasteiger partial charge is 0.508 e. The van der Waals surface area contributed by atoms with E-state index in [0.717, 1.165) is 18.5 Å². The Bertz CT molecular complexity index is 283. The highest BCUT2D eigenvalue weighted by Gasteiger charge is 2.20. The third-order valence-corrected chi connectivity index (χ3v) is 2.71. The molecule has 1 heterocycles. The van der Waals surface area contributed by atoms with Crippen LogP contribution in [0.1, 0.15) is 30.0 Å². The van der Waals surface area contributed by atoms with Crippen LogP contribution in [0.4, 0.5) is 0 Å². The molecule has 2 heteroatoms. The summed E-state index contributed by atoms with van der Waals surface area (Å²) in [6.45, 7) is 3.12. The molecule has 1 aliphatic rings. The van der Waals surface area contributed by atoms with Crippen LogP contribution >= 0.6 is 0 Å². The van der Waals surface area contributed by atoms with Gasteiger partial charge in [-0.15, -0.1) is 0 Å². The van der Waals surface area contributed by atoms with Gasteiger partial charge in [-0.2, -0.15) is 0 Å². The number of hydrogen-bond acceptors (Lipinski definition) is 2. The molecule has 1 aliphatic heterocycles. The predicted octanol–water partition coefficient (Wildman–Crippen LogP) is 2.13. The molecule has 1 aromatic carbocycles. The van der Waals surface area contributed by atoms with Crippen LogP contribution < -0.4 is 5.32 Å². The molecule has 1 atom stereocenters. The van der Waals surface area contributed by atoms with Crippen LogP contribution in [0.25, 0.3) is 0 Å². The fraction of sp³-hybridized carbons (Fsp3) is 0.455. The molecule has 0 amide bonds. The van der Waals surface area contributed by atoms with Crippen molar-refractivity contribution in [1.82, 2.24) is 5.32 Å². The third kappa shape index (κ3) is 1.54. The molecule has 0 aliphatic carbocycles. The van der Waals surface area contributed by atoms with Crippen molar-refractivity contribution in [3.05, 3.63) is 29.3 Å². The van der Waals surface area contributed by atoms with Gasteiger partial charge in [0.2, 0.25) is 0 Å². The van der Waals surface area contributed by atoms with E-state index in [2.05, 4.69) is 18.3 Å². The van der Waals surface area contributed by atoms with Gasteiger partial charge < -0.3 is 10.4 Å². The summed E-state index contributed by atoms with van der Waals surface area (Å²) in [5.74, 6) is 0.430. The van der Waals surface area contributed by atoms with Crippen molar-refractivity contribution in [1.29, 1.82) is 0 Å². The first-order valence-corrected chi connectivity index (χ1v) is 4.81. The Hall–Kier alpha value is -1.02. The topological polar surface area (TPSA) is 32.3 Å². The molecule has 2 rings (SSSR count). The molecular weight excluding hydrogens is 162 g/mol. The lowest BCUT2D eigenvalue weighted by Gasteiger charge is -2.15. The number of phenols is 1. The van der Waals surface area contributed by atoms with E-state index in [-0.39, 0.29) is 0 Å². The fourth-order valence-electron chi connectivity index (χ4n) is 2.05. The van der Waals surface area contributed by atoms with Gasteiger partial charge in [0, 0.05) is 11.6 Å². The van der Waals surface area contributed by atoms with Gasteiger partial charge in [0.05, 0.1) is 0 Å². The Balaban J connectivity index is 2.37. The second-order valence-electron chi connectivity index (χ2n) is 3.66. The minimum absolute atomic E-state index is 0.362. The van der Waals surface area contributed by atoms with E-state index in [1.807, 2.05) is 6.07 Å². The van der Waals surface area contributed by atoms with E-state index >= 15 is 0 Å². The number of aryl methyl sites for hydroxylation is 1. The standard InChI is InChI=1S/C11H15NO/c1-8-4-2-6-10(13)11(8)9-5-3-7-12-9/h2,4,6,9,12-13H,3,5,7H2,1H3. The molecule has 1 fully saturated rings. The summed E-state index contributed by atoms with van der Waals surface area (Å²) < 4.78 is 0. The minimum Gasteiger partial charge on any atom is -0.508 e. The second-order valence-corrected chi connectivity index (χ2v) is 3.66. The van der Waals surface area contributed by atoms with Crippen molar-refractivity contribution in [2.24, 2.45) is 0 Å². The van der Waals surface area contributed by atoms with Gasteiger partial charge in [-0.25, -0.2) is 0 Å². The Morgan fingerprint density at radius 2 is 2.31 bits per heavy atom. The number of nitrogens with one attached hydrogen (secondary N) is 1. The molecule has 2 nitrogen and oxygen atoms in total. The Morgan fingerprint density at radius 3 is 2.92 bits per heavy atom. The van der Waals surface area contributed by atoms with Crippen molar-refractivity contribution < 1.29 is 5.11 Å². The number of phenolic OH excluding ortho intramolecular Hbond substituents is 1. The van der Waals surface area contributed by atoms with E-state index < -0.39 is 0 Å². The van der Waals surface area contributed by atoms with Crippen LogP contribution in [-0.4, -0.2) is 11.7 Å². The lowest BCUT2D eigenvalue weighted by Crippen LogP contribution is -2.14. The number of hydrogen-bond donors (Lipinski definition) is 2. The highest BCUT2D eigenvalue weighted by molar-refractivity contribution is 5.41. The highest BCUT2D eigenvalue weighted by Crippen LogP contribution is 2.32. The van der Waals surface area contributed by atoms with Crippen molar-refractivity contribution in [2.75, 3.05) is 6.54 Å². The maximum Gasteiger partial charge on any atom is 0.120 e. The maximum atomic E-state index is 9.71. The zero-order valence-electron chi connectivity index (χ0n) is 7.88. The fourth-order valence-corrected chi connectivity index (χ4v) is 2.05. The van der Waals surface area contributed by atoms with Gasteiger partial charge in [0.25, 0.3) is 0 Å². The zero-order valence-corrected chi connectivity index (χ0v) is 7.88. The Labute approximate surface area is 78.6 Å². The van der Waals surface area contributed by atoms with E-state index in [0.29, 0.717) is 11.8 Å². The summed E-state index contributed by atoms with van der Waals surface area (Å²) in [5.41, 5.74) is 2.26. The van der Waals surface area contributed by atoms with E-state index in [1.165, 1.54) is 12.0 Å². The van der Waals surface area contributed by atoms with E-state index in [4.69, 9.17) is 0 Å². The Kier molecular flexibility index (Phi) is 2.23. The van der Waals surface area contributed by atoms with Crippen LogP contribution in [0.2, 0.25) is 0 Å². The molecular formula is C11H15NO. The lowest BCUT2D eigenvalue weighted by atomic mass is 9.99. The van der Waals surface area contributed by atoms with E-state index in [1.54, 1.807) is 6.07 Å². The van der Waals surface area contributed by atoms with Crippen molar-refractivity contribution in [2.45, 2.75) is 25.8 Å². The van der Waals surface area contributed by atoms with Gasteiger partial charge in [-0.3, -0.25) is 0 Å². The van der Waals surface area contributed by atoms with E-state index in [9.17, 15) is 5.11 Å². The van der Waals surface area contributed by atoms with Gasteiger partial charge in [-0.1, -0.05) is 12.1 Å². The summed E-state index contributed by atoms with van der Waals surface area (Å²) >= 11 is 0. The van der Waals surface area contributed by atoms with Gasteiger partial charge in [0.1, 0.15) is 5.75 Å². The molecule has 0 radical (unpaired) electrons. The molecule has 2 N–H and O–H groups in total. The maximum absolute atomic E-state index is 9.71. The quantitative estimate of drug-likeness (QED) is 0.688. The molecule has 0 saturated carbocycles. The minimum atomic E-state index is 0.362. The van der Waals surface area contributed by atoms with Crippen molar-refractivity contribution in [3.8, 4) is 5.75 Å². The SMILES string of the molecule is Cc1cccc(O)c1C1CCCN1. The molecule has 1 unspecified atom stereocenters. The average Bonchev–Trinajstić information content (AvgIpc) is 2.57. The molecule has 0 aromatic heterocycles. The van der Waals surface area contributed by atoms with Crippen LogP contribution in [0.5, 0.6) is 5.75 Å². The van der Waals surface area contributed by atoms with Crippen molar-refractivity contribution in [3.63, 3.8) is 0 Å². The molecule has 1 saturated heterocycles. The zero-order chi connectivity index (χ0) is 9.26. The molecule has 1 aromatic rings. The summed E-state index contributed by atoms with van der Waals surface area (Å²) in [7, 11) is 0. The monoisotopic (exact) mass is 177 g/mol. The average molecular weight is 177 g/mol. The summed E-state index contributed by atoms with van der Waals surface area (Å²) in [6, 6.07) is 6.07. The number of aromatic hydroxyl groups is 1. The summed E-state index contributed by atoms with van der Waals surface area (Å²) in [4.78, 5) is 0. The smallest absolute Gasteiger partial charge is 0.120 e. The number of benzene rings is 1. The van der Waals surface area contributed by atoms with Crippen LogP contribution in [-0.2, 0) is 0 Å². The summed E-state index contributed by atoms with van der Waals surface area (Å²) in [5, 5.41) is 13.1. The van der Waals surface area contributed by atoms with Crippen LogP contribution in [0.15, 0.2) is 18.2 Å². The first-order chi connectivity index (χ1) is 6.29. The van der Waals surface area contributed by atoms with Crippen LogP contribution in [0.3, 0.4) is 0 Å². The molecule has 0 spiro atoms. The summed E-state index contributed by atoms with van der Waals surface area (Å²) in [6.07, 6.45) is 2.34. The van der Waals surface area contributed by atoms with Gasteiger partial charge in [0.15, 0.2) is 0 Å². The van der Waals surface area contributed by atoms with Crippen molar-refractivity contribution >= 4 is 0 Å². The predicted molar refractivity (Wildman–Crippen MR) is 52.8 cm³/mol. The molecule has 70 valence electrons. The van der Waals surface area contributed by atoms with Gasteiger partial charge in [-0.05, 0) is 37.9 Å². The number of rotatable bonds is 1. The molecule has 13 heavy (non-hydrogen) atoms. The normalized spacial score (nSPS) is 22.1. The van der Waals surface area contributed by atoms with Crippen LogP contribution in [0, 0.1) is 6.92 Å². The lowest BCUT2D eigenvalue weighted by molar-refractivity contribution is 0.456. The third-order valence-electron chi connectivity index (χ3n) is 2.71. The first kappa shape index (κ1) is 8.57. The molecule has 0 bridgehead atoms. The first-order valence-electron chi connectivity index (χ1n) is 4.81. The Morgan fingerprint density at radius 1 is 1.46 bits per heavy atom. The van der Waals surface area contributed by atoms with Gasteiger partial charge >= 0.3 is 0 Å². The highest BCUT2D eigenvalue weighted by atomic mass is 16.3.